The Balaban J connectivity index is 2.50. The topological polar surface area (TPSA) is 641 Å². The summed E-state index contributed by atoms with van der Waals surface area (Å²) >= 11 is 4.08. The van der Waals surface area contributed by atoms with E-state index < -0.39 is 181 Å². The fourth-order valence-electron chi connectivity index (χ4n) is 9.71. The first kappa shape index (κ1) is 78.4. The van der Waals surface area contributed by atoms with Crippen LogP contribution in [0.2, 0.25) is 0 Å². The van der Waals surface area contributed by atoms with Crippen LogP contribution in [0.15, 0.2) is 9.98 Å². The molecule has 0 saturated carbocycles. The number of carbonyl (C=O) groups is 14. The van der Waals surface area contributed by atoms with E-state index in [2.05, 4.69) is 65.1 Å². The second-order valence-corrected chi connectivity index (χ2v) is 22.4. The lowest BCUT2D eigenvalue weighted by Gasteiger charge is -2.32. The second-order valence-electron chi connectivity index (χ2n) is 22.0. The Hall–Kier alpha value is -8.65. The summed E-state index contributed by atoms with van der Waals surface area (Å²) in [4.78, 5) is 198. The molecular formula is C53H93N21O16S. The molecule has 0 radical (unpaired) electrons. The molecule has 0 bridgehead atoms. The Morgan fingerprint density at radius 3 is 1.23 bits per heavy atom. The number of carbonyl (C=O) groups excluding carboxylic acids is 13. The highest BCUT2D eigenvalue weighted by atomic mass is 32.1. The number of aliphatic imine (C=N–C) groups is 2. The normalized spacial score (nSPS) is 17.6. The summed E-state index contributed by atoms with van der Waals surface area (Å²) in [5.74, 6) is -14.1. The van der Waals surface area contributed by atoms with Gasteiger partial charge in [0.1, 0.15) is 60.4 Å². The quantitative estimate of drug-likeness (QED) is 0.0117. The fraction of sp³-hybridized carbons (Fsp3) is 0.698. The zero-order valence-electron chi connectivity index (χ0n) is 51.2. The van der Waals surface area contributed by atoms with Crippen molar-refractivity contribution in [3.8, 4) is 0 Å². The standard InChI is InChI=1S/C53H93N21O16S/c1-26(51(89)90)65-41(79)30(10-5-21-63-52(59)60)67-42(80)29(9-3-4-20-54)66-44(82)32(14-17-37(56)76)69-45(83)33(15-18-38(57)77)68-43(81)31(11-6-22-64-53(61)62)70-48(86)40(27(2)75)72-47(85)36-13-8-24-74(36)50(88)34(16-19-39(58)78)71-46(84)35-12-7-23-73(35)49(87)28(55)25-91/h26-36,40,75,91H,3-25,54-55H2,1-2H3,(H2,56,76)(H2,57,77)(H2,58,78)(H,65,79)(H,66,82)(H,67,80)(H,68,81)(H,69,83)(H,70,86)(H,71,84)(H,72,85)(H,89,90)(H4,59,60,63)(H4,61,62,64)/t26-,27+,28-,29-,30-,31-,32-,33-,34-,35-,36-,40-/m0/s1. The molecule has 2 saturated heterocycles. The average molecular weight is 1310 g/mol. The van der Waals surface area contributed by atoms with Crippen molar-refractivity contribution in [3.63, 3.8) is 0 Å². The van der Waals surface area contributed by atoms with Crippen molar-refractivity contribution in [2.45, 2.75) is 196 Å². The molecule has 0 spiro atoms. The van der Waals surface area contributed by atoms with Crippen LogP contribution < -0.4 is 94.1 Å². The summed E-state index contributed by atoms with van der Waals surface area (Å²) in [5, 5.41) is 40.0. The van der Waals surface area contributed by atoms with Gasteiger partial charge in [-0.15, -0.1) is 0 Å². The van der Waals surface area contributed by atoms with Crippen molar-refractivity contribution in [1.29, 1.82) is 0 Å². The van der Waals surface area contributed by atoms with Gasteiger partial charge in [0.2, 0.25) is 76.8 Å². The zero-order valence-corrected chi connectivity index (χ0v) is 52.1. The van der Waals surface area contributed by atoms with E-state index in [1.807, 2.05) is 0 Å². The van der Waals surface area contributed by atoms with E-state index in [-0.39, 0.29) is 121 Å². The molecule has 91 heavy (non-hydrogen) atoms. The summed E-state index contributed by atoms with van der Waals surface area (Å²) in [6.45, 7) is 2.55. The molecule has 28 N–H and O–H groups in total. The van der Waals surface area contributed by atoms with Crippen molar-refractivity contribution in [3.05, 3.63) is 0 Å². The monoisotopic (exact) mass is 1310 g/mol. The fourth-order valence-corrected chi connectivity index (χ4v) is 9.86. The van der Waals surface area contributed by atoms with Crippen LogP contribution in [0.25, 0.3) is 0 Å². The van der Waals surface area contributed by atoms with E-state index in [0.717, 1.165) is 11.8 Å². The number of primary amides is 3. The Morgan fingerprint density at radius 2 is 0.857 bits per heavy atom. The Bertz CT molecular complexity index is 2630. The second kappa shape index (κ2) is 40.2. The van der Waals surface area contributed by atoms with Crippen LogP contribution in [-0.4, -0.2) is 226 Å². The van der Waals surface area contributed by atoms with E-state index in [4.69, 9.17) is 51.6 Å². The van der Waals surface area contributed by atoms with Gasteiger partial charge in [-0.25, -0.2) is 0 Å². The van der Waals surface area contributed by atoms with Crippen molar-refractivity contribution >= 4 is 107 Å². The predicted octanol–water partition coefficient (Wildman–Crippen LogP) is -9.38. The summed E-state index contributed by atoms with van der Waals surface area (Å²) in [6, 6.07) is -16.0. The maximum absolute atomic E-state index is 14.4. The third kappa shape index (κ3) is 28.0. The highest BCUT2D eigenvalue weighted by Gasteiger charge is 2.43. The molecule has 512 valence electrons. The molecule has 0 aliphatic carbocycles. The maximum atomic E-state index is 14.4. The number of rotatable bonds is 42. The van der Waals surface area contributed by atoms with Crippen LogP contribution in [0, 0.1) is 0 Å². The first-order chi connectivity index (χ1) is 42.8. The number of likely N-dealkylation sites (tertiary alicyclic amines) is 2. The number of carboxylic acids is 1. The van der Waals surface area contributed by atoms with Gasteiger partial charge in [0, 0.05) is 51.2 Å². The first-order valence-corrected chi connectivity index (χ1v) is 30.4. The molecule has 0 aromatic carbocycles. The number of hydrogen-bond donors (Lipinski definition) is 20. The van der Waals surface area contributed by atoms with Crippen molar-refractivity contribution < 1.29 is 77.3 Å². The maximum Gasteiger partial charge on any atom is 0.325 e. The number of aliphatic hydroxyl groups excluding tert-OH is 1. The number of amides is 13. The van der Waals surface area contributed by atoms with Gasteiger partial charge in [0.15, 0.2) is 11.9 Å². The molecule has 2 rings (SSSR count). The number of nitrogens with two attached hydrogens (primary N) is 9. The SMILES string of the molecule is C[C@H](NC(=O)[C@H](CCCN=C(N)N)NC(=O)[C@H](CCCCN)NC(=O)[C@H](CCC(N)=O)NC(=O)[C@H](CCC(N)=O)NC(=O)[C@H](CCCN=C(N)N)NC(=O)[C@@H](NC(=O)[C@@H]1CCCN1C(=O)[C@H](CCC(N)=O)NC(=O)[C@@H]1CCCN1C(=O)[C@@H](N)CS)[C@@H](C)O)C(=O)O. The third-order valence-corrected chi connectivity index (χ3v) is 15.0. The zero-order chi connectivity index (χ0) is 68.7. The van der Waals surface area contributed by atoms with Crippen LogP contribution in [0.3, 0.4) is 0 Å². The van der Waals surface area contributed by atoms with Gasteiger partial charge >= 0.3 is 5.97 Å². The number of unbranched alkanes of at least 4 members (excludes halogenated alkanes) is 1. The minimum atomic E-state index is -1.85. The Kier molecular flexibility index (Phi) is 34.6. The summed E-state index contributed by atoms with van der Waals surface area (Å²) in [5.41, 5.74) is 49.7. The smallest absolute Gasteiger partial charge is 0.325 e. The van der Waals surface area contributed by atoms with Crippen molar-refractivity contribution in [1.82, 2.24) is 52.3 Å². The van der Waals surface area contributed by atoms with Gasteiger partial charge < -0.3 is 114 Å². The third-order valence-electron chi connectivity index (χ3n) is 14.6. The van der Waals surface area contributed by atoms with Gasteiger partial charge in [0.05, 0.1) is 12.1 Å². The largest absolute Gasteiger partial charge is 0.480 e. The van der Waals surface area contributed by atoms with Crippen LogP contribution in [-0.2, 0) is 67.1 Å². The van der Waals surface area contributed by atoms with Crippen LogP contribution in [0.4, 0.5) is 0 Å². The van der Waals surface area contributed by atoms with E-state index in [1.54, 1.807) is 0 Å². The van der Waals surface area contributed by atoms with Gasteiger partial charge in [-0.3, -0.25) is 77.1 Å². The molecule has 2 fully saturated rings. The highest BCUT2D eigenvalue weighted by Crippen LogP contribution is 2.23. The van der Waals surface area contributed by atoms with Gasteiger partial charge in [-0.2, -0.15) is 12.6 Å². The number of aliphatic carboxylic acids is 1. The lowest BCUT2D eigenvalue weighted by atomic mass is 10.0. The molecule has 38 heteroatoms. The van der Waals surface area contributed by atoms with Crippen LogP contribution in [0.5, 0.6) is 0 Å². The van der Waals surface area contributed by atoms with Gasteiger partial charge in [0.25, 0.3) is 0 Å². The van der Waals surface area contributed by atoms with Crippen molar-refractivity contribution in [2.75, 3.05) is 38.5 Å². The lowest BCUT2D eigenvalue weighted by Crippen LogP contribution is -2.62. The van der Waals surface area contributed by atoms with E-state index in [9.17, 15) is 77.3 Å². The van der Waals surface area contributed by atoms with Crippen LogP contribution in [0.1, 0.15) is 123 Å². The molecule has 13 amide bonds. The summed E-state index contributed by atoms with van der Waals surface area (Å²) in [7, 11) is 0. The van der Waals surface area contributed by atoms with E-state index in [1.165, 1.54) is 11.8 Å². The molecule has 0 unspecified atom stereocenters. The predicted molar refractivity (Wildman–Crippen MR) is 330 cm³/mol. The van der Waals surface area contributed by atoms with Gasteiger partial charge in [-0.05, 0) is 110 Å². The molecule has 2 aliphatic heterocycles. The van der Waals surface area contributed by atoms with Crippen molar-refractivity contribution in [2.24, 2.45) is 61.6 Å². The molecule has 0 aromatic rings. The molecule has 37 nitrogen and oxygen atoms in total. The van der Waals surface area contributed by atoms with Gasteiger partial charge in [-0.1, -0.05) is 0 Å². The minimum Gasteiger partial charge on any atom is -0.480 e. The summed E-state index contributed by atoms with van der Waals surface area (Å²) in [6.07, 6.45) is -3.43. The van der Waals surface area contributed by atoms with E-state index in [0.29, 0.717) is 12.8 Å². The van der Waals surface area contributed by atoms with E-state index >= 15 is 0 Å². The highest BCUT2D eigenvalue weighted by molar-refractivity contribution is 7.80. The first-order valence-electron chi connectivity index (χ1n) is 29.8. The average Bonchev–Trinajstić information content (AvgIpc) is 1.84. The molecule has 2 heterocycles. The number of hydrogen-bond acceptors (Lipinski definition) is 20. The molecule has 2 aliphatic rings. The lowest BCUT2D eigenvalue weighted by molar-refractivity contribution is -0.144. The number of thiol groups is 1. The number of guanidine groups is 2. The minimum absolute atomic E-state index is 0.00216. The van der Waals surface area contributed by atoms with Crippen LogP contribution >= 0.6 is 12.6 Å². The molecule has 0 aromatic heterocycles. The summed E-state index contributed by atoms with van der Waals surface area (Å²) < 4.78 is 0. The number of nitrogens with zero attached hydrogens (tertiary/aromatic N) is 4. The Labute approximate surface area is 530 Å². The molecular weight excluding hydrogens is 1220 g/mol. The number of carboxylic acid groups (broad SMARTS) is 1. The number of aliphatic hydroxyl groups is 1. The number of nitrogens with one attached hydrogen (secondary N) is 8. The molecule has 12 atom stereocenters. The Morgan fingerprint density at radius 1 is 0.495 bits per heavy atom.